The number of aryl methyl sites for hydroxylation is 1. The molecule has 1 atom stereocenters. The molecule has 5 nitrogen and oxygen atoms in total. The van der Waals surface area contributed by atoms with Crippen LogP contribution in [0.3, 0.4) is 0 Å². The molecule has 26 heavy (non-hydrogen) atoms. The smallest absolute Gasteiger partial charge is 0.251 e. The van der Waals surface area contributed by atoms with Crippen LogP contribution in [0, 0.1) is 19.8 Å². The first kappa shape index (κ1) is 19.5. The molecule has 0 saturated heterocycles. The lowest BCUT2D eigenvalue weighted by Crippen LogP contribution is -2.47. The zero-order valence-electron chi connectivity index (χ0n) is 15.9. The molecule has 0 aliphatic carbocycles. The van der Waals surface area contributed by atoms with E-state index in [9.17, 15) is 9.59 Å². The number of benzene rings is 2. The summed E-state index contributed by atoms with van der Waals surface area (Å²) >= 11 is 0. The zero-order valence-corrected chi connectivity index (χ0v) is 15.9. The van der Waals surface area contributed by atoms with Crippen LogP contribution in [0.1, 0.15) is 35.3 Å². The summed E-state index contributed by atoms with van der Waals surface area (Å²) in [6, 6.07) is 11.9. The van der Waals surface area contributed by atoms with E-state index in [-0.39, 0.29) is 17.7 Å². The van der Waals surface area contributed by atoms with Crippen LogP contribution in [-0.4, -0.2) is 25.0 Å². The highest BCUT2D eigenvalue weighted by Gasteiger charge is 2.25. The number of carbonyl (C=O) groups excluding carboxylic acids is 2. The average Bonchev–Trinajstić information content (AvgIpc) is 2.63. The van der Waals surface area contributed by atoms with E-state index in [1.165, 1.54) is 0 Å². The first-order valence-corrected chi connectivity index (χ1v) is 8.65. The Hall–Kier alpha value is -2.82. The largest absolute Gasteiger partial charge is 0.497 e. The predicted molar refractivity (Wildman–Crippen MR) is 104 cm³/mol. The van der Waals surface area contributed by atoms with Gasteiger partial charge >= 0.3 is 0 Å². The van der Waals surface area contributed by atoms with Crippen molar-refractivity contribution < 1.29 is 14.3 Å². The zero-order chi connectivity index (χ0) is 19.3. The molecule has 5 heteroatoms. The number of ether oxygens (including phenoxy) is 1. The number of nitrogens with one attached hydrogen (secondary N) is 2. The van der Waals surface area contributed by atoms with Crippen LogP contribution in [0.5, 0.6) is 5.75 Å². The van der Waals surface area contributed by atoms with Crippen molar-refractivity contribution in [3.63, 3.8) is 0 Å². The molecule has 0 aliphatic heterocycles. The van der Waals surface area contributed by atoms with Gasteiger partial charge < -0.3 is 15.4 Å². The number of amides is 2. The van der Waals surface area contributed by atoms with E-state index in [4.69, 9.17) is 4.74 Å². The molecule has 0 fully saturated rings. The second-order valence-electron chi connectivity index (χ2n) is 6.66. The van der Waals surface area contributed by atoms with Crippen LogP contribution in [0.25, 0.3) is 0 Å². The van der Waals surface area contributed by atoms with Crippen molar-refractivity contribution in [2.24, 2.45) is 5.92 Å². The van der Waals surface area contributed by atoms with Gasteiger partial charge in [0.1, 0.15) is 11.8 Å². The number of hydrogen-bond donors (Lipinski definition) is 2. The first-order chi connectivity index (χ1) is 12.3. The molecule has 0 heterocycles. The standard InChI is InChI=1S/C21H26N2O3/c1-13(2)19(21(25)22-18-8-6-7-14(3)15(18)4)23-20(24)16-9-11-17(26-5)12-10-16/h6-13,19H,1-5H3,(H,22,25)(H,23,24)/t19-/m1/s1. The van der Waals surface area contributed by atoms with Crippen LogP contribution in [-0.2, 0) is 4.79 Å². The maximum atomic E-state index is 12.7. The van der Waals surface area contributed by atoms with Gasteiger partial charge in [0.05, 0.1) is 7.11 Å². The Kier molecular flexibility index (Phi) is 6.39. The van der Waals surface area contributed by atoms with E-state index in [2.05, 4.69) is 10.6 Å². The summed E-state index contributed by atoms with van der Waals surface area (Å²) in [4.78, 5) is 25.2. The second kappa shape index (κ2) is 8.52. The van der Waals surface area contributed by atoms with E-state index in [1.807, 2.05) is 45.9 Å². The molecule has 2 rings (SSSR count). The van der Waals surface area contributed by atoms with Gasteiger partial charge in [0.2, 0.25) is 5.91 Å². The van der Waals surface area contributed by atoms with Crippen LogP contribution >= 0.6 is 0 Å². The van der Waals surface area contributed by atoms with Gasteiger partial charge in [0, 0.05) is 11.3 Å². The number of hydrogen-bond acceptors (Lipinski definition) is 3. The minimum atomic E-state index is -0.635. The van der Waals surface area contributed by atoms with Crippen molar-refractivity contribution in [2.45, 2.75) is 33.7 Å². The summed E-state index contributed by atoms with van der Waals surface area (Å²) in [5.41, 5.74) is 3.37. The number of carbonyl (C=O) groups is 2. The lowest BCUT2D eigenvalue weighted by Gasteiger charge is -2.22. The van der Waals surface area contributed by atoms with Gasteiger partial charge in [0.25, 0.3) is 5.91 Å². The van der Waals surface area contributed by atoms with E-state index in [0.717, 1.165) is 16.8 Å². The summed E-state index contributed by atoms with van der Waals surface area (Å²) in [5, 5.41) is 5.77. The third-order valence-electron chi connectivity index (χ3n) is 4.45. The number of methoxy groups -OCH3 is 1. The van der Waals surface area contributed by atoms with Gasteiger partial charge in [-0.2, -0.15) is 0 Å². The maximum absolute atomic E-state index is 12.7. The minimum Gasteiger partial charge on any atom is -0.497 e. The highest BCUT2D eigenvalue weighted by Crippen LogP contribution is 2.19. The normalized spacial score (nSPS) is 11.8. The Morgan fingerprint density at radius 2 is 1.65 bits per heavy atom. The molecular weight excluding hydrogens is 328 g/mol. The molecule has 0 aromatic heterocycles. The van der Waals surface area contributed by atoms with Gasteiger partial charge in [-0.3, -0.25) is 9.59 Å². The van der Waals surface area contributed by atoms with E-state index in [1.54, 1.807) is 31.4 Å². The summed E-state index contributed by atoms with van der Waals surface area (Å²) < 4.78 is 5.10. The SMILES string of the molecule is COc1ccc(C(=O)N[C@@H](C(=O)Nc2cccc(C)c2C)C(C)C)cc1. The van der Waals surface area contributed by atoms with Crippen molar-refractivity contribution in [2.75, 3.05) is 12.4 Å². The highest BCUT2D eigenvalue weighted by molar-refractivity contribution is 6.01. The molecule has 0 radical (unpaired) electrons. The Morgan fingerprint density at radius 3 is 2.23 bits per heavy atom. The monoisotopic (exact) mass is 354 g/mol. The molecule has 138 valence electrons. The van der Waals surface area contributed by atoms with Gasteiger partial charge in [-0.1, -0.05) is 26.0 Å². The van der Waals surface area contributed by atoms with Gasteiger partial charge in [-0.25, -0.2) is 0 Å². The van der Waals surface area contributed by atoms with Crippen molar-refractivity contribution in [1.29, 1.82) is 0 Å². The molecule has 2 N–H and O–H groups in total. The van der Waals surface area contributed by atoms with Crippen molar-refractivity contribution in [3.8, 4) is 5.75 Å². The van der Waals surface area contributed by atoms with Crippen molar-refractivity contribution >= 4 is 17.5 Å². The number of rotatable bonds is 6. The van der Waals surface area contributed by atoms with Crippen LogP contribution in [0.15, 0.2) is 42.5 Å². The molecule has 0 saturated carbocycles. The van der Waals surface area contributed by atoms with Crippen LogP contribution in [0.4, 0.5) is 5.69 Å². The van der Waals surface area contributed by atoms with E-state index < -0.39 is 6.04 Å². The molecule has 2 aromatic rings. The number of anilines is 1. The summed E-state index contributed by atoms with van der Waals surface area (Å²) in [5.74, 6) is 0.106. The van der Waals surface area contributed by atoms with Gasteiger partial charge in [-0.05, 0) is 61.2 Å². The maximum Gasteiger partial charge on any atom is 0.251 e. The fourth-order valence-corrected chi connectivity index (χ4v) is 2.60. The third kappa shape index (κ3) is 4.63. The highest BCUT2D eigenvalue weighted by atomic mass is 16.5. The molecule has 2 aromatic carbocycles. The summed E-state index contributed by atoms with van der Waals surface area (Å²) in [6.45, 7) is 7.77. The second-order valence-corrected chi connectivity index (χ2v) is 6.66. The molecule has 0 bridgehead atoms. The lowest BCUT2D eigenvalue weighted by atomic mass is 10.0. The quantitative estimate of drug-likeness (QED) is 0.831. The third-order valence-corrected chi connectivity index (χ3v) is 4.45. The van der Waals surface area contributed by atoms with Crippen LogP contribution in [0.2, 0.25) is 0 Å². The van der Waals surface area contributed by atoms with Crippen molar-refractivity contribution in [3.05, 3.63) is 59.2 Å². The Morgan fingerprint density at radius 1 is 1.00 bits per heavy atom. The molecule has 0 spiro atoms. The lowest BCUT2D eigenvalue weighted by molar-refractivity contribution is -0.118. The Balaban J connectivity index is 2.13. The fourth-order valence-electron chi connectivity index (χ4n) is 2.60. The Labute approximate surface area is 154 Å². The van der Waals surface area contributed by atoms with Crippen LogP contribution < -0.4 is 15.4 Å². The minimum absolute atomic E-state index is 0.0534. The first-order valence-electron chi connectivity index (χ1n) is 8.65. The van der Waals surface area contributed by atoms with Gasteiger partial charge in [-0.15, -0.1) is 0 Å². The van der Waals surface area contributed by atoms with Gasteiger partial charge in [0.15, 0.2) is 0 Å². The summed E-state index contributed by atoms with van der Waals surface area (Å²) in [6.07, 6.45) is 0. The molecule has 2 amide bonds. The average molecular weight is 354 g/mol. The summed E-state index contributed by atoms with van der Waals surface area (Å²) in [7, 11) is 1.57. The van der Waals surface area contributed by atoms with E-state index >= 15 is 0 Å². The van der Waals surface area contributed by atoms with E-state index in [0.29, 0.717) is 11.3 Å². The fraction of sp³-hybridized carbons (Fsp3) is 0.333. The predicted octanol–water partition coefficient (Wildman–Crippen LogP) is 3.71. The molecule has 0 aliphatic rings. The Bertz CT molecular complexity index is 782. The molecule has 0 unspecified atom stereocenters. The molecular formula is C21H26N2O3. The van der Waals surface area contributed by atoms with Crippen molar-refractivity contribution in [1.82, 2.24) is 5.32 Å². The topological polar surface area (TPSA) is 67.4 Å².